The molecule has 3 rings (SSSR count). The van der Waals surface area contributed by atoms with Gasteiger partial charge in [-0.1, -0.05) is 12.1 Å². The molecule has 1 aromatic carbocycles. The Morgan fingerprint density at radius 2 is 2.11 bits per heavy atom. The predicted octanol–water partition coefficient (Wildman–Crippen LogP) is 1.85. The molecule has 0 spiro atoms. The molecule has 5 nitrogen and oxygen atoms in total. The molecule has 0 saturated carbocycles. The van der Waals surface area contributed by atoms with Gasteiger partial charge in [0.2, 0.25) is 0 Å². The van der Waals surface area contributed by atoms with Gasteiger partial charge in [-0.3, -0.25) is 4.79 Å². The van der Waals surface area contributed by atoms with Gasteiger partial charge in [-0.15, -0.1) is 0 Å². The molecule has 0 aliphatic carbocycles. The van der Waals surface area contributed by atoms with E-state index in [-0.39, 0.29) is 12.0 Å². The van der Waals surface area contributed by atoms with E-state index in [2.05, 4.69) is 5.32 Å². The zero-order valence-electron chi connectivity index (χ0n) is 10.2. The number of carbonyl (C=O) groups excluding carboxylic acids is 1. The fourth-order valence-electron chi connectivity index (χ4n) is 1.87. The van der Waals surface area contributed by atoms with Gasteiger partial charge < -0.3 is 19.2 Å². The van der Waals surface area contributed by atoms with Crippen molar-refractivity contribution in [1.82, 2.24) is 5.32 Å². The van der Waals surface area contributed by atoms with Gasteiger partial charge in [-0.05, 0) is 18.2 Å². The van der Waals surface area contributed by atoms with E-state index >= 15 is 0 Å². The molecule has 0 saturated heterocycles. The lowest BCUT2D eigenvalue weighted by Crippen LogP contribution is -2.40. The molecule has 1 aliphatic heterocycles. The molecule has 0 bridgehead atoms. The number of para-hydroxylation sites is 2. The van der Waals surface area contributed by atoms with Crippen molar-refractivity contribution in [3.63, 3.8) is 0 Å². The van der Waals surface area contributed by atoms with E-state index < -0.39 is 0 Å². The molecule has 1 aromatic heterocycles. The minimum Gasteiger partial charge on any atom is -0.486 e. The molecule has 1 aliphatic rings. The number of fused-ring (bicyclic) bond motifs is 1. The van der Waals surface area contributed by atoms with Gasteiger partial charge in [-0.2, -0.15) is 0 Å². The van der Waals surface area contributed by atoms with Crippen molar-refractivity contribution in [3.8, 4) is 11.5 Å². The van der Waals surface area contributed by atoms with Crippen LogP contribution in [-0.4, -0.2) is 25.2 Å². The van der Waals surface area contributed by atoms with Gasteiger partial charge in [0.25, 0.3) is 5.91 Å². The normalized spacial score (nSPS) is 16.9. The molecular weight excluding hydrogens is 246 g/mol. The lowest BCUT2D eigenvalue weighted by atomic mass is 10.2. The summed E-state index contributed by atoms with van der Waals surface area (Å²) in [5, 5.41) is 2.78. The first-order valence-corrected chi connectivity index (χ1v) is 6.02. The number of hydrogen-bond acceptors (Lipinski definition) is 4. The van der Waals surface area contributed by atoms with E-state index in [0.29, 0.717) is 24.5 Å². The first kappa shape index (κ1) is 11.6. The van der Waals surface area contributed by atoms with Crippen molar-refractivity contribution in [2.75, 3.05) is 13.2 Å². The zero-order valence-corrected chi connectivity index (χ0v) is 10.2. The third-order valence-electron chi connectivity index (χ3n) is 2.84. The maximum atomic E-state index is 11.7. The number of rotatable bonds is 3. The molecule has 98 valence electrons. The summed E-state index contributed by atoms with van der Waals surface area (Å²) in [7, 11) is 0. The lowest BCUT2D eigenvalue weighted by Gasteiger charge is -2.26. The summed E-state index contributed by atoms with van der Waals surface area (Å²) in [6.45, 7) is 0.807. The van der Waals surface area contributed by atoms with Crippen molar-refractivity contribution in [2.24, 2.45) is 0 Å². The minimum atomic E-state index is -0.189. The van der Waals surface area contributed by atoms with Crippen molar-refractivity contribution in [2.45, 2.75) is 6.10 Å². The van der Waals surface area contributed by atoms with Gasteiger partial charge in [0.05, 0.1) is 18.4 Å². The van der Waals surface area contributed by atoms with Crippen LogP contribution < -0.4 is 14.8 Å². The number of furan rings is 1. The Morgan fingerprint density at radius 1 is 1.26 bits per heavy atom. The second kappa shape index (κ2) is 5.06. The van der Waals surface area contributed by atoms with E-state index in [0.717, 1.165) is 5.75 Å². The highest BCUT2D eigenvalue weighted by Crippen LogP contribution is 2.30. The highest BCUT2D eigenvalue weighted by molar-refractivity contribution is 5.93. The summed E-state index contributed by atoms with van der Waals surface area (Å²) >= 11 is 0. The predicted molar refractivity (Wildman–Crippen MR) is 67.4 cm³/mol. The summed E-state index contributed by atoms with van der Waals surface area (Å²) in [6, 6.07) is 9.09. The van der Waals surface area contributed by atoms with Gasteiger partial charge in [-0.25, -0.2) is 0 Å². The Labute approximate surface area is 110 Å². The maximum Gasteiger partial charge on any atom is 0.254 e. The first-order chi connectivity index (χ1) is 9.33. The van der Waals surface area contributed by atoms with Crippen LogP contribution >= 0.6 is 0 Å². The summed E-state index contributed by atoms with van der Waals surface area (Å²) in [4.78, 5) is 11.7. The van der Waals surface area contributed by atoms with E-state index in [9.17, 15) is 4.79 Å². The number of carbonyl (C=O) groups is 1. The average Bonchev–Trinajstić information content (AvgIpc) is 2.99. The summed E-state index contributed by atoms with van der Waals surface area (Å²) in [6.07, 6.45) is 2.68. The number of hydrogen-bond donors (Lipinski definition) is 1. The largest absolute Gasteiger partial charge is 0.486 e. The molecule has 0 fully saturated rings. The van der Waals surface area contributed by atoms with Crippen molar-refractivity contribution in [3.05, 3.63) is 48.4 Å². The molecule has 1 N–H and O–H groups in total. The van der Waals surface area contributed by atoms with Crippen LogP contribution in [0, 0.1) is 0 Å². The van der Waals surface area contributed by atoms with Crippen LogP contribution in [-0.2, 0) is 0 Å². The van der Waals surface area contributed by atoms with E-state index in [1.807, 2.05) is 24.3 Å². The molecule has 0 unspecified atom stereocenters. The fraction of sp³-hybridized carbons (Fsp3) is 0.214. The molecule has 2 aromatic rings. The molecular formula is C14H13NO4. The van der Waals surface area contributed by atoms with E-state index in [4.69, 9.17) is 13.9 Å². The highest BCUT2D eigenvalue weighted by atomic mass is 16.6. The van der Waals surface area contributed by atoms with Crippen molar-refractivity contribution in [1.29, 1.82) is 0 Å². The second-order valence-electron chi connectivity index (χ2n) is 4.22. The summed E-state index contributed by atoms with van der Waals surface area (Å²) in [5.41, 5.74) is 0.497. The average molecular weight is 259 g/mol. The summed E-state index contributed by atoms with van der Waals surface area (Å²) in [5.74, 6) is 1.26. The monoisotopic (exact) mass is 259 g/mol. The smallest absolute Gasteiger partial charge is 0.254 e. The topological polar surface area (TPSA) is 60.7 Å². The van der Waals surface area contributed by atoms with Crippen LogP contribution in [0.25, 0.3) is 0 Å². The Morgan fingerprint density at radius 3 is 2.89 bits per heavy atom. The van der Waals surface area contributed by atoms with E-state index in [1.54, 1.807) is 6.07 Å². The van der Waals surface area contributed by atoms with Crippen molar-refractivity contribution >= 4 is 5.91 Å². The molecule has 19 heavy (non-hydrogen) atoms. The third-order valence-corrected chi connectivity index (χ3v) is 2.84. The Kier molecular flexibility index (Phi) is 3.10. The van der Waals surface area contributed by atoms with Gasteiger partial charge in [0, 0.05) is 0 Å². The zero-order chi connectivity index (χ0) is 13.1. The van der Waals surface area contributed by atoms with Crippen LogP contribution in [0.4, 0.5) is 0 Å². The van der Waals surface area contributed by atoms with Crippen molar-refractivity contribution < 1.29 is 18.7 Å². The number of benzene rings is 1. The minimum absolute atomic E-state index is 0.184. The quantitative estimate of drug-likeness (QED) is 0.913. The van der Waals surface area contributed by atoms with Crippen LogP contribution in [0.5, 0.6) is 11.5 Å². The molecule has 1 amide bonds. The Bertz CT molecular complexity index is 565. The maximum absolute atomic E-state index is 11.7. The highest BCUT2D eigenvalue weighted by Gasteiger charge is 2.21. The molecule has 1 atom stereocenters. The first-order valence-electron chi connectivity index (χ1n) is 6.02. The molecule has 0 radical (unpaired) electrons. The number of amides is 1. The van der Waals surface area contributed by atoms with Crippen LogP contribution in [0.15, 0.2) is 47.3 Å². The third kappa shape index (κ3) is 2.54. The molecule has 5 heteroatoms. The van der Waals surface area contributed by atoms with Crippen LogP contribution in [0.2, 0.25) is 0 Å². The van der Waals surface area contributed by atoms with Gasteiger partial charge in [0.1, 0.15) is 19.0 Å². The summed E-state index contributed by atoms with van der Waals surface area (Å²) < 4.78 is 16.2. The van der Waals surface area contributed by atoms with Crippen LogP contribution in [0.1, 0.15) is 10.4 Å². The standard InChI is InChI=1S/C14H13NO4/c16-14(10-5-6-17-8-10)15-7-11-9-18-12-3-1-2-4-13(12)19-11/h1-6,8,11H,7,9H2,(H,15,16)/t11-/m1/s1. The van der Waals surface area contributed by atoms with Gasteiger partial charge in [0.15, 0.2) is 11.5 Å². The van der Waals surface area contributed by atoms with E-state index in [1.165, 1.54) is 12.5 Å². The Hall–Kier alpha value is -2.43. The second-order valence-corrected chi connectivity index (χ2v) is 4.22. The lowest BCUT2D eigenvalue weighted by molar-refractivity contribution is 0.0789. The molecule has 2 heterocycles. The number of nitrogens with one attached hydrogen (secondary N) is 1. The fourth-order valence-corrected chi connectivity index (χ4v) is 1.87. The van der Waals surface area contributed by atoms with Gasteiger partial charge >= 0.3 is 0 Å². The Balaban J connectivity index is 1.57. The SMILES string of the molecule is O=C(NC[C@@H]1COc2ccccc2O1)c1ccoc1. The van der Waals surface area contributed by atoms with Crippen LogP contribution in [0.3, 0.4) is 0 Å². The number of ether oxygens (including phenoxy) is 2.